The van der Waals surface area contributed by atoms with Gasteiger partial charge in [-0.3, -0.25) is 4.79 Å². The molecule has 0 radical (unpaired) electrons. The van der Waals surface area contributed by atoms with Gasteiger partial charge >= 0.3 is 0 Å². The molecule has 1 aliphatic rings. The summed E-state index contributed by atoms with van der Waals surface area (Å²) in [5.74, 6) is 1.27. The van der Waals surface area contributed by atoms with Gasteiger partial charge in [0, 0.05) is 24.2 Å². The number of anilines is 1. The number of amides is 1. The molecule has 0 spiro atoms. The molecule has 2 aromatic carbocycles. The maximum Gasteiger partial charge on any atom is 0.262 e. The molecule has 6 nitrogen and oxygen atoms in total. The Bertz CT molecular complexity index is 970. The Labute approximate surface area is 155 Å². The Morgan fingerprint density at radius 2 is 2.12 bits per heavy atom. The molecule has 0 atom stereocenters. The highest BCUT2D eigenvalue weighted by Gasteiger charge is 2.28. The van der Waals surface area contributed by atoms with Crippen LogP contribution in [0.15, 0.2) is 47.0 Å². The molecule has 0 unspecified atom stereocenters. The second kappa shape index (κ2) is 6.80. The van der Waals surface area contributed by atoms with Gasteiger partial charge in [0.2, 0.25) is 11.7 Å². The molecule has 7 heteroatoms. The first-order valence-corrected chi connectivity index (χ1v) is 8.61. The maximum absolute atomic E-state index is 13.1. The molecule has 4 rings (SSSR count). The zero-order chi connectivity index (χ0) is 18.1. The maximum atomic E-state index is 13.1. The van der Waals surface area contributed by atoms with Crippen molar-refractivity contribution in [3.63, 3.8) is 0 Å². The predicted molar refractivity (Wildman–Crippen MR) is 96.6 cm³/mol. The fraction of sp³-hybridized carbons (Fsp3) is 0.211. The smallest absolute Gasteiger partial charge is 0.262 e. The standard InChI is InChI=1S/C19H16ClN3O3/c1-12-21-18(22-26-12)11-25-17-8-3-2-5-14(17)19(24)23-10-9-13-15(20)6-4-7-16(13)23/h2-8H,9-11H2,1H3. The first-order valence-electron chi connectivity index (χ1n) is 8.24. The van der Waals surface area contributed by atoms with E-state index in [1.807, 2.05) is 30.3 Å². The largest absolute Gasteiger partial charge is 0.485 e. The van der Waals surface area contributed by atoms with Crippen molar-refractivity contribution in [2.24, 2.45) is 0 Å². The molecule has 0 aliphatic carbocycles. The molecule has 1 amide bonds. The molecule has 2 heterocycles. The number of aryl methyl sites for hydroxylation is 1. The number of nitrogens with zero attached hydrogens (tertiary/aromatic N) is 3. The van der Waals surface area contributed by atoms with Crippen LogP contribution in [0.4, 0.5) is 5.69 Å². The van der Waals surface area contributed by atoms with Crippen LogP contribution in [0.5, 0.6) is 5.75 Å². The minimum Gasteiger partial charge on any atom is -0.485 e. The van der Waals surface area contributed by atoms with Gasteiger partial charge in [0.25, 0.3) is 5.91 Å². The number of carbonyl (C=O) groups is 1. The van der Waals surface area contributed by atoms with Crippen LogP contribution in [0.25, 0.3) is 0 Å². The van der Waals surface area contributed by atoms with Crippen molar-refractivity contribution >= 4 is 23.2 Å². The summed E-state index contributed by atoms with van der Waals surface area (Å²) in [5.41, 5.74) is 2.34. The van der Waals surface area contributed by atoms with Gasteiger partial charge in [-0.2, -0.15) is 4.98 Å². The SMILES string of the molecule is Cc1nc(COc2ccccc2C(=O)N2CCc3c(Cl)cccc32)no1. The van der Waals surface area contributed by atoms with E-state index in [2.05, 4.69) is 10.1 Å². The molecule has 132 valence electrons. The van der Waals surface area contributed by atoms with Crippen LogP contribution in [0.1, 0.15) is 27.6 Å². The zero-order valence-corrected chi connectivity index (χ0v) is 14.9. The molecular weight excluding hydrogens is 354 g/mol. The van der Waals surface area contributed by atoms with Gasteiger partial charge in [-0.1, -0.05) is 35.0 Å². The third-order valence-corrected chi connectivity index (χ3v) is 4.61. The number of hydrogen-bond donors (Lipinski definition) is 0. The summed E-state index contributed by atoms with van der Waals surface area (Å²) in [6, 6.07) is 12.8. The lowest BCUT2D eigenvalue weighted by atomic mass is 10.1. The molecule has 3 aromatic rings. The Morgan fingerprint density at radius 1 is 1.27 bits per heavy atom. The summed E-state index contributed by atoms with van der Waals surface area (Å²) in [6.07, 6.45) is 0.742. The van der Waals surface area contributed by atoms with Crippen LogP contribution in [0.3, 0.4) is 0 Å². The van der Waals surface area contributed by atoms with Crippen LogP contribution in [-0.4, -0.2) is 22.6 Å². The van der Waals surface area contributed by atoms with Crippen molar-refractivity contribution in [3.05, 3.63) is 70.3 Å². The van der Waals surface area contributed by atoms with E-state index in [4.69, 9.17) is 20.9 Å². The van der Waals surface area contributed by atoms with E-state index in [-0.39, 0.29) is 12.5 Å². The highest BCUT2D eigenvalue weighted by molar-refractivity contribution is 6.32. The topological polar surface area (TPSA) is 68.5 Å². The van der Waals surface area contributed by atoms with Crippen LogP contribution in [0.2, 0.25) is 5.02 Å². The van der Waals surface area contributed by atoms with Crippen molar-refractivity contribution in [2.75, 3.05) is 11.4 Å². The Balaban J connectivity index is 1.59. The number of benzene rings is 2. The van der Waals surface area contributed by atoms with Crippen molar-refractivity contribution in [1.29, 1.82) is 0 Å². The lowest BCUT2D eigenvalue weighted by molar-refractivity contribution is 0.0984. The lowest BCUT2D eigenvalue weighted by Gasteiger charge is -2.19. The molecule has 26 heavy (non-hydrogen) atoms. The third-order valence-electron chi connectivity index (χ3n) is 4.26. The number of carbonyl (C=O) groups excluding carboxylic acids is 1. The van der Waals surface area contributed by atoms with Crippen LogP contribution in [0, 0.1) is 6.92 Å². The first kappa shape index (κ1) is 16.6. The lowest BCUT2D eigenvalue weighted by Crippen LogP contribution is -2.29. The molecule has 1 aliphatic heterocycles. The van der Waals surface area contributed by atoms with Gasteiger partial charge in [0.15, 0.2) is 6.61 Å². The van der Waals surface area contributed by atoms with E-state index in [1.54, 1.807) is 24.0 Å². The van der Waals surface area contributed by atoms with Crippen molar-refractivity contribution in [2.45, 2.75) is 20.0 Å². The van der Waals surface area contributed by atoms with Crippen LogP contribution in [-0.2, 0) is 13.0 Å². The van der Waals surface area contributed by atoms with E-state index in [1.165, 1.54) is 0 Å². The monoisotopic (exact) mass is 369 g/mol. The number of ether oxygens (including phenoxy) is 1. The van der Waals surface area contributed by atoms with Gasteiger partial charge in [0.05, 0.1) is 5.56 Å². The van der Waals surface area contributed by atoms with Crippen molar-refractivity contribution in [1.82, 2.24) is 10.1 Å². The van der Waals surface area contributed by atoms with Crippen LogP contribution < -0.4 is 9.64 Å². The molecular formula is C19H16ClN3O3. The average Bonchev–Trinajstić information content (AvgIpc) is 3.27. The number of rotatable bonds is 4. The predicted octanol–water partition coefficient (Wildman–Crippen LogP) is 3.81. The average molecular weight is 370 g/mol. The zero-order valence-electron chi connectivity index (χ0n) is 14.1. The number of hydrogen-bond acceptors (Lipinski definition) is 5. The molecule has 0 fully saturated rings. The number of halogens is 1. The Morgan fingerprint density at radius 3 is 2.92 bits per heavy atom. The van der Waals surface area contributed by atoms with Gasteiger partial charge in [0.1, 0.15) is 5.75 Å². The summed E-state index contributed by atoms with van der Waals surface area (Å²) >= 11 is 6.25. The molecule has 0 saturated heterocycles. The fourth-order valence-corrected chi connectivity index (χ4v) is 3.32. The van der Waals surface area contributed by atoms with Crippen molar-refractivity contribution in [3.8, 4) is 5.75 Å². The summed E-state index contributed by atoms with van der Waals surface area (Å²) in [4.78, 5) is 19.0. The molecule has 0 bridgehead atoms. The van der Waals surface area contributed by atoms with Gasteiger partial charge < -0.3 is 14.2 Å². The molecule has 0 saturated carbocycles. The Kier molecular flexibility index (Phi) is 4.34. The van der Waals surface area contributed by atoms with E-state index >= 15 is 0 Å². The summed E-state index contributed by atoms with van der Waals surface area (Å²) in [6.45, 7) is 2.43. The number of fused-ring (bicyclic) bond motifs is 1. The molecule has 1 aromatic heterocycles. The Hall–Kier alpha value is -2.86. The third kappa shape index (κ3) is 3.04. The van der Waals surface area contributed by atoms with Crippen molar-refractivity contribution < 1.29 is 14.1 Å². The number of para-hydroxylation sites is 1. The normalized spacial score (nSPS) is 12.9. The van der Waals surface area contributed by atoms with Gasteiger partial charge in [-0.25, -0.2) is 0 Å². The minimum absolute atomic E-state index is 0.120. The molecule has 0 N–H and O–H groups in total. The second-order valence-electron chi connectivity index (χ2n) is 5.96. The second-order valence-corrected chi connectivity index (χ2v) is 6.37. The first-order chi connectivity index (χ1) is 12.6. The summed E-state index contributed by atoms with van der Waals surface area (Å²) in [5, 5.41) is 4.49. The van der Waals surface area contributed by atoms with Crippen LogP contribution >= 0.6 is 11.6 Å². The van der Waals surface area contributed by atoms with Gasteiger partial charge in [-0.15, -0.1) is 0 Å². The summed E-state index contributed by atoms with van der Waals surface area (Å²) < 4.78 is 10.7. The highest BCUT2D eigenvalue weighted by atomic mass is 35.5. The van der Waals surface area contributed by atoms with E-state index in [0.717, 1.165) is 17.7 Å². The fourth-order valence-electron chi connectivity index (χ4n) is 3.06. The van der Waals surface area contributed by atoms with Gasteiger partial charge in [-0.05, 0) is 36.2 Å². The summed E-state index contributed by atoms with van der Waals surface area (Å²) in [7, 11) is 0. The van der Waals surface area contributed by atoms with E-state index in [0.29, 0.717) is 34.6 Å². The van der Waals surface area contributed by atoms with E-state index < -0.39 is 0 Å². The minimum atomic E-state index is -0.120. The van der Waals surface area contributed by atoms with E-state index in [9.17, 15) is 4.79 Å². The quantitative estimate of drug-likeness (QED) is 0.699. The highest BCUT2D eigenvalue weighted by Crippen LogP contribution is 2.35. The number of aromatic nitrogens is 2.